The van der Waals surface area contributed by atoms with Crippen LogP contribution in [0.5, 0.6) is 0 Å². The van der Waals surface area contributed by atoms with Crippen LogP contribution in [0.3, 0.4) is 0 Å². The molecule has 1 aliphatic rings. The van der Waals surface area contributed by atoms with Gasteiger partial charge in [0.05, 0.1) is 4.90 Å². The zero-order chi connectivity index (χ0) is 19.4. The lowest BCUT2D eigenvalue weighted by Crippen LogP contribution is -2.39. The van der Waals surface area contributed by atoms with Crippen LogP contribution in [0.15, 0.2) is 53.4 Å². The number of hydrogen-bond acceptors (Lipinski definition) is 4. The van der Waals surface area contributed by atoms with Crippen LogP contribution in [0, 0.1) is 11.7 Å². The van der Waals surface area contributed by atoms with Crippen LogP contribution in [-0.4, -0.2) is 43.4 Å². The fraction of sp³-hybridized carbons (Fsp3) is 0.316. The second-order valence-electron chi connectivity index (χ2n) is 6.52. The third kappa shape index (κ3) is 4.52. The van der Waals surface area contributed by atoms with E-state index in [0.29, 0.717) is 31.6 Å². The van der Waals surface area contributed by atoms with E-state index < -0.39 is 21.7 Å². The van der Waals surface area contributed by atoms with Gasteiger partial charge >= 0.3 is 0 Å². The van der Waals surface area contributed by atoms with E-state index in [1.54, 1.807) is 0 Å². The minimum Gasteiger partial charge on any atom is -0.396 e. The van der Waals surface area contributed by atoms with Crippen LogP contribution in [0.2, 0.25) is 0 Å². The number of anilines is 1. The highest BCUT2D eigenvalue weighted by Crippen LogP contribution is 2.24. The van der Waals surface area contributed by atoms with Crippen molar-refractivity contribution >= 4 is 21.6 Å². The SMILES string of the molecule is O=C(Nc1ccc(F)cc1)c1cccc(S(=O)(=O)N2CCC(CO)CC2)c1. The zero-order valence-electron chi connectivity index (χ0n) is 14.6. The number of rotatable bonds is 5. The number of amides is 1. The summed E-state index contributed by atoms with van der Waals surface area (Å²) in [6.45, 7) is 0.756. The maximum atomic E-state index is 13.0. The van der Waals surface area contributed by atoms with Crippen LogP contribution >= 0.6 is 0 Å². The molecule has 1 fully saturated rings. The summed E-state index contributed by atoms with van der Waals surface area (Å²) in [6, 6.07) is 11.2. The number of nitrogens with zero attached hydrogens (tertiary/aromatic N) is 1. The Kier molecular flexibility index (Phi) is 5.88. The highest BCUT2D eigenvalue weighted by Gasteiger charge is 2.29. The maximum absolute atomic E-state index is 13.0. The molecule has 144 valence electrons. The van der Waals surface area contributed by atoms with Gasteiger partial charge in [-0.1, -0.05) is 6.07 Å². The predicted octanol–water partition coefficient (Wildman–Crippen LogP) is 2.47. The average molecular weight is 392 g/mol. The number of carbonyl (C=O) groups excluding carboxylic acids is 1. The summed E-state index contributed by atoms with van der Waals surface area (Å²) in [7, 11) is -3.71. The molecule has 1 aliphatic heterocycles. The molecule has 1 amide bonds. The van der Waals surface area contributed by atoms with Crippen LogP contribution in [0.25, 0.3) is 0 Å². The van der Waals surface area contributed by atoms with Crippen molar-refractivity contribution < 1.29 is 22.7 Å². The molecule has 2 aromatic carbocycles. The Bertz CT molecular complexity index is 908. The van der Waals surface area contributed by atoms with E-state index in [1.807, 2.05) is 0 Å². The smallest absolute Gasteiger partial charge is 0.255 e. The van der Waals surface area contributed by atoms with Crippen molar-refractivity contribution in [3.63, 3.8) is 0 Å². The van der Waals surface area contributed by atoms with E-state index in [9.17, 15) is 22.7 Å². The summed E-state index contributed by atoms with van der Waals surface area (Å²) < 4.78 is 40.0. The zero-order valence-corrected chi connectivity index (χ0v) is 15.5. The molecule has 0 unspecified atom stereocenters. The van der Waals surface area contributed by atoms with Crippen molar-refractivity contribution in [2.75, 3.05) is 25.0 Å². The van der Waals surface area contributed by atoms with Gasteiger partial charge in [-0.05, 0) is 61.2 Å². The molecule has 0 saturated carbocycles. The molecule has 0 aromatic heterocycles. The summed E-state index contributed by atoms with van der Waals surface area (Å²) in [5, 5.41) is 11.8. The first kappa shape index (κ1) is 19.5. The van der Waals surface area contributed by atoms with E-state index in [2.05, 4.69) is 5.32 Å². The fourth-order valence-electron chi connectivity index (χ4n) is 3.02. The van der Waals surface area contributed by atoms with Gasteiger partial charge in [0.15, 0.2) is 0 Å². The fourth-order valence-corrected chi connectivity index (χ4v) is 4.53. The van der Waals surface area contributed by atoms with E-state index >= 15 is 0 Å². The number of piperidine rings is 1. The Labute approximate surface area is 157 Å². The molecule has 1 heterocycles. The van der Waals surface area contributed by atoms with Crippen molar-refractivity contribution in [3.05, 3.63) is 59.9 Å². The summed E-state index contributed by atoms with van der Waals surface area (Å²) in [6.07, 6.45) is 1.22. The molecule has 0 radical (unpaired) electrons. The van der Waals surface area contributed by atoms with Gasteiger partial charge in [0.1, 0.15) is 5.82 Å². The first-order valence-electron chi connectivity index (χ1n) is 8.68. The van der Waals surface area contributed by atoms with Crippen molar-refractivity contribution in [1.82, 2.24) is 4.31 Å². The van der Waals surface area contributed by atoms with E-state index in [1.165, 1.54) is 52.8 Å². The Hall–Kier alpha value is -2.29. The first-order valence-corrected chi connectivity index (χ1v) is 10.1. The number of aliphatic hydroxyl groups excluding tert-OH is 1. The van der Waals surface area contributed by atoms with Gasteiger partial charge in [0.2, 0.25) is 10.0 Å². The maximum Gasteiger partial charge on any atom is 0.255 e. The highest BCUT2D eigenvalue weighted by atomic mass is 32.2. The molecule has 3 rings (SSSR count). The number of benzene rings is 2. The third-order valence-corrected chi connectivity index (χ3v) is 6.56. The largest absolute Gasteiger partial charge is 0.396 e. The quantitative estimate of drug-likeness (QED) is 0.818. The molecule has 2 aromatic rings. The van der Waals surface area contributed by atoms with Gasteiger partial charge < -0.3 is 10.4 Å². The van der Waals surface area contributed by atoms with Crippen molar-refractivity contribution in [3.8, 4) is 0 Å². The molecule has 0 aliphatic carbocycles. The molecule has 1 saturated heterocycles. The minimum absolute atomic E-state index is 0.0525. The second-order valence-corrected chi connectivity index (χ2v) is 8.46. The Balaban J connectivity index is 1.76. The van der Waals surface area contributed by atoms with Crippen molar-refractivity contribution in [1.29, 1.82) is 0 Å². The van der Waals surface area contributed by atoms with Crippen LogP contribution in [0.4, 0.5) is 10.1 Å². The number of aliphatic hydroxyl groups is 1. The molecule has 8 heteroatoms. The second kappa shape index (κ2) is 8.16. The topological polar surface area (TPSA) is 86.7 Å². The number of carbonyl (C=O) groups is 1. The molecular formula is C19H21FN2O4S. The standard InChI is InChI=1S/C19H21FN2O4S/c20-16-4-6-17(7-5-16)21-19(24)15-2-1-3-18(12-15)27(25,26)22-10-8-14(13-23)9-11-22/h1-7,12,14,23H,8-11,13H2,(H,21,24). The van der Waals surface area contributed by atoms with Crippen molar-refractivity contribution in [2.24, 2.45) is 5.92 Å². The molecule has 0 bridgehead atoms. The van der Waals surface area contributed by atoms with Crippen LogP contribution in [0.1, 0.15) is 23.2 Å². The number of hydrogen-bond donors (Lipinski definition) is 2. The van der Waals surface area contributed by atoms with Gasteiger partial charge in [-0.25, -0.2) is 12.8 Å². The van der Waals surface area contributed by atoms with Gasteiger partial charge in [-0.15, -0.1) is 0 Å². The number of nitrogens with one attached hydrogen (secondary N) is 1. The van der Waals surface area contributed by atoms with Crippen molar-refractivity contribution in [2.45, 2.75) is 17.7 Å². The molecule has 0 atom stereocenters. The molecule has 6 nitrogen and oxygen atoms in total. The first-order chi connectivity index (χ1) is 12.9. The summed E-state index contributed by atoms with van der Waals surface area (Å²) in [5.74, 6) is -0.757. The molecule has 27 heavy (non-hydrogen) atoms. The monoisotopic (exact) mass is 392 g/mol. The van der Waals surface area contributed by atoms with Crippen LogP contribution in [-0.2, 0) is 10.0 Å². The van der Waals surface area contributed by atoms with Gasteiger partial charge in [0.25, 0.3) is 5.91 Å². The highest BCUT2D eigenvalue weighted by molar-refractivity contribution is 7.89. The van der Waals surface area contributed by atoms with Gasteiger partial charge in [-0.3, -0.25) is 4.79 Å². The Morgan fingerprint density at radius 1 is 1.15 bits per heavy atom. The Morgan fingerprint density at radius 3 is 2.44 bits per heavy atom. The third-order valence-electron chi connectivity index (χ3n) is 4.67. The predicted molar refractivity (Wildman–Crippen MR) is 99.4 cm³/mol. The minimum atomic E-state index is -3.71. The lowest BCUT2D eigenvalue weighted by Gasteiger charge is -2.30. The Morgan fingerprint density at radius 2 is 1.81 bits per heavy atom. The van der Waals surface area contributed by atoms with Gasteiger partial charge in [0, 0.05) is 30.9 Å². The summed E-state index contributed by atoms with van der Waals surface area (Å²) in [5.41, 5.74) is 0.617. The van der Waals surface area contributed by atoms with E-state index in [0.717, 1.165) is 0 Å². The molecular weight excluding hydrogens is 371 g/mol. The normalized spacial score (nSPS) is 16.2. The summed E-state index contributed by atoms with van der Waals surface area (Å²) in [4.78, 5) is 12.4. The van der Waals surface area contributed by atoms with Crippen LogP contribution < -0.4 is 5.32 Å². The molecule has 2 N–H and O–H groups in total. The van der Waals surface area contributed by atoms with E-state index in [-0.39, 0.29) is 23.0 Å². The number of sulfonamides is 1. The molecule has 0 spiro atoms. The lowest BCUT2D eigenvalue weighted by molar-refractivity contribution is 0.102. The summed E-state index contributed by atoms with van der Waals surface area (Å²) >= 11 is 0. The average Bonchev–Trinajstić information content (AvgIpc) is 2.70. The number of halogens is 1. The van der Waals surface area contributed by atoms with Gasteiger partial charge in [-0.2, -0.15) is 4.31 Å². The lowest BCUT2D eigenvalue weighted by atomic mass is 10.00. The van der Waals surface area contributed by atoms with E-state index in [4.69, 9.17) is 0 Å².